The lowest BCUT2D eigenvalue weighted by Crippen LogP contribution is -2.21. The number of hydrogen-bond donors (Lipinski definition) is 2. The number of aromatic nitrogens is 1. The van der Waals surface area contributed by atoms with E-state index >= 15 is 0 Å². The average molecular weight is 472 g/mol. The third-order valence-corrected chi connectivity index (χ3v) is 7.32. The van der Waals surface area contributed by atoms with E-state index in [-0.39, 0.29) is 28.3 Å². The molecule has 1 heterocycles. The van der Waals surface area contributed by atoms with Gasteiger partial charge in [0, 0.05) is 23.7 Å². The molecule has 8 nitrogen and oxygen atoms in total. The second-order valence-electron chi connectivity index (χ2n) is 7.50. The molecule has 2 aromatic carbocycles. The molecule has 1 aliphatic carbocycles. The Bertz CT molecular complexity index is 1270. The Balaban J connectivity index is 1.39. The number of ether oxygens (including phenoxy) is 1. The molecule has 0 aliphatic heterocycles. The van der Waals surface area contributed by atoms with Gasteiger partial charge in [-0.3, -0.25) is 14.3 Å². The highest BCUT2D eigenvalue weighted by Crippen LogP contribution is 2.40. The lowest BCUT2D eigenvalue weighted by atomic mass is 9.97. The van der Waals surface area contributed by atoms with Gasteiger partial charge in [0.1, 0.15) is 5.75 Å². The van der Waals surface area contributed by atoms with Crippen LogP contribution in [-0.4, -0.2) is 31.7 Å². The molecule has 3 aromatic rings. The zero-order chi connectivity index (χ0) is 22.9. The number of benzene rings is 2. The van der Waals surface area contributed by atoms with Crippen molar-refractivity contribution in [1.29, 1.82) is 0 Å². The number of aryl methyl sites for hydroxylation is 1. The predicted octanol–water partition coefficient (Wildman–Crippen LogP) is 3.96. The predicted molar refractivity (Wildman–Crippen MR) is 122 cm³/mol. The molecule has 166 valence electrons. The molecule has 0 spiro atoms. The minimum absolute atomic E-state index is 0.0229. The van der Waals surface area contributed by atoms with Crippen molar-refractivity contribution in [3.8, 4) is 5.75 Å². The summed E-state index contributed by atoms with van der Waals surface area (Å²) in [4.78, 5) is 28.6. The van der Waals surface area contributed by atoms with Crippen molar-refractivity contribution in [2.45, 2.75) is 31.1 Å². The van der Waals surface area contributed by atoms with E-state index < -0.39 is 15.9 Å². The number of carbonyl (C=O) groups is 2. The van der Waals surface area contributed by atoms with Crippen LogP contribution in [0, 0.1) is 6.92 Å². The van der Waals surface area contributed by atoms with E-state index in [0.717, 1.165) is 11.1 Å². The van der Waals surface area contributed by atoms with Crippen molar-refractivity contribution < 1.29 is 22.7 Å². The van der Waals surface area contributed by atoms with E-state index in [1.165, 1.54) is 41.8 Å². The summed E-state index contributed by atoms with van der Waals surface area (Å²) in [5.41, 5.74) is 3.00. The van der Waals surface area contributed by atoms with Gasteiger partial charge in [-0.05, 0) is 54.3 Å². The van der Waals surface area contributed by atoms with Gasteiger partial charge in [-0.25, -0.2) is 13.4 Å². The quantitative estimate of drug-likeness (QED) is 0.539. The SMILES string of the molecule is Cc1ccc(OCC(=O)Nc2ccc(S(=O)(=O)Nc3nccs3)cc2)c2c1[C@@H](C)CC2=O. The summed E-state index contributed by atoms with van der Waals surface area (Å²) in [5, 5.41) is 4.60. The van der Waals surface area contributed by atoms with Crippen LogP contribution in [0.5, 0.6) is 5.75 Å². The fourth-order valence-corrected chi connectivity index (χ4v) is 5.52. The fourth-order valence-electron chi connectivity index (χ4n) is 3.73. The molecule has 2 N–H and O–H groups in total. The number of Topliss-reactive ketones (excluding diaryl/α,β-unsaturated/α-hetero) is 1. The van der Waals surface area contributed by atoms with Crippen molar-refractivity contribution in [3.63, 3.8) is 0 Å². The number of ketones is 1. The van der Waals surface area contributed by atoms with Crippen molar-refractivity contribution in [2.24, 2.45) is 0 Å². The number of rotatable bonds is 7. The molecule has 10 heteroatoms. The molecule has 0 saturated heterocycles. The average Bonchev–Trinajstić information content (AvgIpc) is 3.35. The number of hydrogen-bond acceptors (Lipinski definition) is 7. The second-order valence-corrected chi connectivity index (χ2v) is 10.1. The summed E-state index contributed by atoms with van der Waals surface area (Å²) < 4.78 is 32.8. The lowest BCUT2D eigenvalue weighted by Gasteiger charge is -2.13. The summed E-state index contributed by atoms with van der Waals surface area (Å²) in [6.45, 7) is 3.69. The van der Waals surface area contributed by atoms with Crippen LogP contribution in [-0.2, 0) is 14.8 Å². The number of thiazole rings is 1. The number of fused-ring (bicyclic) bond motifs is 1. The summed E-state index contributed by atoms with van der Waals surface area (Å²) in [6, 6.07) is 9.36. The van der Waals surface area contributed by atoms with Crippen LogP contribution in [0.1, 0.15) is 40.7 Å². The van der Waals surface area contributed by atoms with E-state index in [1.807, 2.05) is 19.9 Å². The van der Waals surface area contributed by atoms with E-state index in [2.05, 4.69) is 15.0 Å². The van der Waals surface area contributed by atoms with Crippen LogP contribution < -0.4 is 14.8 Å². The number of amides is 1. The Morgan fingerprint density at radius 3 is 2.66 bits per heavy atom. The van der Waals surface area contributed by atoms with Crippen LogP contribution in [0.15, 0.2) is 52.9 Å². The molecule has 32 heavy (non-hydrogen) atoms. The Morgan fingerprint density at radius 1 is 1.22 bits per heavy atom. The third-order valence-electron chi connectivity index (χ3n) is 5.15. The van der Waals surface area contributed by atoms with Crippen LogP contribution in [0.2, 0.25) is 0 Å². The maximum Gasteiger partial charge on any atom is 0.263 e. The first-order valence-electron chi connectivity index (χ1n) is 9.86. The second kappa shape index (κ2) is 8.71. The smallest absolute Gasteiger partial charge is 0.263 e. The summed E-state index contributed by atoms with van der Waals surface area (Å²) in [6.07, 6.45) is 1.94. The number of nitrogens with zero attached hydrogens (tertiary/aromatic N) is 1. The van der Waals surface area contributed by atoms with Crippen LogP contribution in [0.3, 0.4) is 0 Å². The molecule has 1 aromatic heterocycles. The zero-order valence-corrected chi connectivity index (χ0v) is 19.0. The van der Waals surface area contributed by atoms with Gasteiger partial charge < -0.3 is 10.1 Å². The molecule has 1 atom stereocenters. The minimum Gasteiger partial charge on any atom is -0.483 e. The Kier molecular flexibility index (Phi) is 5.98. The van der Waals surface area contributed by atoms with Crippen molar-refractivity contribution in [1.82, 2.24) is 4.98 Å². The maximum absolute atomic E-state index is 12.4. The van der Waals surface area contributed by atoms with E-state index in [0.29, 0.717) is 23.4 Å². The van der Waals surface area contributed by atoms with Crippen molar-refractivity contribution in [3.05, 3.63) is 64.7 Å². The molecule has 0 bridgehead atoms. The maximum atomic E-state index is 12.4. The Labute approximate surface area is 189 Å². The van der Waals surface area contributed by atoms with Crippen LogP contribution in [0.4, 0.5) is 10.8 Å². The summed E-state index contributed by atoms with van der Waals surface area (Å²) in [7, 11) is -3.77. The highest BCUT2D eigenvalue weighted by molar-refractivity contribution is 7.93. The highest BCUT2D eigenvalue weighted by atomic mass is 32.2. The summed E-state index contributed by atoms with van der Waals surface area (Å²) in [5.74, 6) is 0.142. The molecule has 4 rings (SSSR count). The first-order valence-corrected chi connectivity index (χ1v) is 12.2. The van der Waals surface area contributed by atoms with Gasteiger partial charge in [0.2, 0.25) is 0 Å². The molecule has 0 saturated carbocycles. The van der Waals surface area contributed by atoms with Gasteiger partial charge in [0.25, 0.3) is 15.9 Å². The van der Waals surface area contributed by atoms with Gasteiger partial charge in [0.05, 0.1) is 10.5 Å². The van der Waals surface area contributed by atoms with E-state index in [4.69, 9.17) is 4.74 Å². The lowest BCUT2D eigenvalue weighted by molar-refractivity contribution is -0.118. The molecule has 0 fully saturated rings. The van der Waals surface area contributed by atoms with E-state index in [9.17, 15) is 18.0 Å². The number of sulfonamides is 1. The van der Waals surface area contributed by atoms with Gasteiger partial charge in [-0.15, -0.1) is 11.3 Å². The van der Waals surface area contributed by atoms with Gasteiger partial charge in [-0.1, -0.05) is 13.0 Å². The third kappa shape index (κ3) is 4.51. The largest absolute Gasteiger partial charge is 0.483 e. The van der Waals surface area contributed by atoms with Crippen LogP contribution in [0.25, 0.3) is 0 Å². The zero-order valence-electron chi connectivity index (χ0n) is 17.4. The molecule has 0 radical (unpaired) electrons. The highest BCUT2D eigenvalue weighted by Gasteiger charge is 2.31. The standard InChI is InChI=1S/C22H21N3O5S2/c1-13-3-8-18(21-17(26)11-14(2)20(13)21)30-12-19(27)24-15-4-6-16(7-5-15)32(28,29)25-22-23-9-10-31-22/h3-10,14H,11-12H2,1-2H3,(H,23,25)(H,24,27)/t14-/m0/s1. The fraction of sp³-hybridized carbons (Fsp3) is 0.227. The monoisotopic (exact) mass is 471 g/mol. The molecule has 1 amide bonds. The molecular weight excluding hydrogens is 450 g/mol. The number of anilines is 2. The summed E-state index contributed by atoms with van der Waals surface area (Å²) >= 11 is 1.17. The van der Waals surface area contributed by atoms with Gasteiger partial charge >= 0.3 is 0 Å². The minimum atomic E-state index is -3.77. The van der Waals surface area contributed by atoms with Gasteiger partial charge in [0.15, 0.2) is 17.5 Å². The normalized spacial score (nSPS) is 15.3. The van der Waals surface area contributed by atoms with Crippen LogP contribution >= 0.6 is 11.3 Å². The first kappa shape index (κ1) is 22.0. The Hall–Kier alpha value is -3.24. The van der Waals surface area contributed by atoms with E-state index in [1.54, 1.807) is 11.4 Å². The first-order chi connectivity index (χ1) is 15.2. The van der Waals surface area contributed by atoms with Gasteiger partial charge in [-0.2, -0.15) is 0 Å². The molecule has 1 aliphatic rings. The Morgan fingerprint density at radius 2 is 1.97 bits per heavy atom. The number of nitrogens with one attached hydrogen (secondary N) is 2. The van der Waals surface area contributed by atoms with Crippen molar-refractivity contribution >= 4 is 43.9 Å². The van der Waals surface area contributed by atoms with Crippen molar-refractivity contribution in [2.75, 3.05) is 16.6 Å². The number of carbonyl (C=O) groups excluding carboxylic acids is 2. The topological polar surface area (TPSA) is 114 Å². The molecule has 0 unspecified atom stereocenters. The molecular formula is C22H21N3O5S2.